The van der Waals surface area contributed by atoms with E-state index < -0.39 is 0 Å². The number of carbonyl (C=O) groups is 1. The van der Waals surface area contributed by atoms with Gasteiger partial charge >= 0.3 is 0 Å². The molecule has 0 aliphatic carbocycles. The molecule has 5 nitrogen and oxygen atoms in total. The SMILES string of the molecule is CN(C)CCNC(=O)[C@H]1C[C@H]2CNC[C@H]1O2. The van der Waals surface area contributed by atoms with Crippen LogP contribution in [0.25, 0.3) is 0 Å². The fourth-order valence-electron chi connectivity index (χ4n) is 2.35. The molecule has 2 aliphatic heterocycles. The summed E-state index contributed by atoms with van der Waals surface area (Å²) < 4.78 is 5.72. The lowest BCUT2D eigenvalue weighted by molar-refractivity contribution is -0.126. The molecule has 2 heterocycles. The number of amides is 1. The first-order valence-electron chi connectivity index (χ1n) is 5.95. The third-order valence-corrected chi connectivity index (χ3v) is 3.25. The molecule has 0 aromatic carbocycles. The molecule has 2 N–H and O–H groups in total. The van der Waals surface area contributed by atoms with E-state index in [1.54, 1.807) is 0 Å². The molecule has 0 aromatic heterocycles. The molecule has 0 radical (unpaired) electrons. The second-order valence-electron chi connectivity index (χ2n) is 4.89. The number of morpholine rings is 1. The average molecular weight is 227 g/mol. The monoisotopic (exact) mass is 227 g/mol. The third-order valence-electron chi connectivity index (χ3n) is 3.25. The summed E-state index contributed by atoms with van der Waals surface area (Å²) in [4.78, 5) is 14.0. The highest BCUT2D eigenvalue weighted by Gasteiger charge is 2.41. The normalized spacial score (nSPS) is 33.1. The number of likely N-dealkylation sites (N-methyl/N-ethyl adjacent to an activating group) is 1. The molecule has 5 heteroatoms. The molecule has 0 aromatic rings. The van der Waals surface area contributed by atoms with Crippen LogP contribution >= 0.6 is 0 Å². The van der Waals surface area contributed by atoms with Gasteiger partial charge in [-0.05, 0) is 20.5 Å². The van der Waals surface area contributed by atoms with Crippen molar-refractivity contribution in [2.45, 2.75) is 18.6 Å². The standard InChI is InChI=1S/C11H21N3O2/c1-14(2)4-3-13-11(15)9-5-8-6-12-7-10(9)16-8/h8-10,12H,3-7H2,1-2H3,(H,13,15)/t8-,9-,10+/m0/s1. The molecule has 1 amide bonds. The molecule has 0 unspecified atom stereocenters. The fourth-order valence-corrected chi connectivity index (χ4v) is 2.35. The summed E-state index contributed by atoms with van der Waals surface area (Å²) in [5, 5.41) is 6.27. The molecular formula is C11H21N3O2. The van der Waals surface area contributed by atoms with E-state index in [0.717, 1.165) is 26.1 Å². The Labute approximate surface area is 96.5 Å². The number of nitrogens with one attached hydrogen (secondary N) is 2. The van der Waals surface area contributed by atoms with Gasteiger partial charge in [-0.15, -0.1) is 0 Å². The van der Waals surface area contributed by atoms with Gasteiger partial charge in [-0.25, -0.2) is 0 Å². The molecule has 2 saturated heterocycles. The summed E-state index contributed by atoms with van der Waals surface area (Å²) in [7, 11) is 4.00. The number of rotatable bonds is 4. The van der Waals surface area contributed by atoms with E-state index in [-0.39, 0.29) is 24.0 Å². The minimum atomic E-state index is 0.0437. The maximum absolute atomic E-state index is 11.9. The zero-order valence-electron chi connectivity index (χ0n) is 10.0. The van der Waals surface area contributed by atoms with Crippen LogP contribution in [-0.2, 0) is 9.53 Å². The molecule has 0 saturated carbocycles. The second kappa shape index (κ2) is 5.12. The summed E-state index contributed by atoms with van der Waals surface area (Å²) >= 11 is 0. The number of hydrogen-bond donors (Lipinski definition) is 2. The van der Waals surface area contributed by atoms with Crippen molar-refractivity contribution < 1.29 is 9.53 Å². The Morgan fingerprint density at radius 1 is 1.50 bits per heavy atom. The highest BCUT2D eigenvalue weighted by atomic mass is 16.5. The molecule has 0 spiro atoms. The van der Waals surface area contributed by atoms with Crippen molar-refractivity contribution in [1.82, 2.24) is 15.5 Å². The molecule has 92 valence electrons. The zero-order chi connectivity index (χ0) is 11.5. The van der Waals surface area contributed by atoms with Gasteiger partial charge in [0.05, 0.1) is 18.1 Å². The largest absolute Gasteiger partial charge is 0.371 e. The van der Waals surface area contributed by atoms with Gasteiger partial charge in [-0.3, -0.25) is 4.79 Å². The van der Waals surface area contributed by atoms with Gasteiger partial charge in [0.25, 0.3) is 0 Å². The first-order chi connectivity index (χ1) is 7.66. The Hall–Kier alpha value is -0.650. The van der Waals surface area contributed by atoms with Crippen LogP contribution in [0.2, 0.25) is 0 Å². The van der Waals surface area contributed by atoms with Crippen LogP contribution < -0.4 is 10.6 Å². The van der Waals surface area contributed by atoms with Gasteiger partial charge in [0, 0.05) is 26.2 Å². The smallest absolute Gasteiger partial charge is 0.225 e. The van der Waals surface area contributed by atoms with E-state index in [2.05, 4.69) is 15.5 Å². The molecule has 3 atom stereocenters. The van der Waals surface area contributed by atoms with E-state index in [9.17, 15) is 4.79 Å². The van der Waals surface area contributed by atoms with E-state index in [0.29, 0.717) is 6.54 Å². The molecule has 2 bridgehead atoms. The maximum Gasteiger partial charge on any atom is 0.225 e. The topological polar surface area (TPSA) is 53.6 Å². The minimum absolute atomic E-state index is 0.0437. The average Bonchev–Trinajstić information content (AvgIpc) is 2.53. The Morgan fingerprint density at radius 3 is 3.00 bits per heavy atom. The molecule has 2 fully saturated rings. The number of ether oxygens (including phenoxy) is 1. The van der Waals surface area contributed by atoms with Crippen molar-refractivity contribution >= 4 is 5.91 Å². The van der Waals surface area contributed by atoms with Gasteiger partial charge in [0.15, 0.2) is 0 Å². The van der Waals surface area contributed by atoms with Crippen molar-refractivity contribution in [2.24, 2.45) is 5.92 Å². The van der Waals surface area contributed by atoms with Crippen molar-refractivity contribution in [3.63, 3.8) is 0 Å². The third kappa shape index (κ3) is 2.72. The van der Waals surface area contributed by atoms with Crippen LogP contribution in [0, 0.1) is 5.92 Å². The van der Waals surface area contributed by atoms with Crippen molar-refractivity contribution in [2.75, 3.05) is 40.3 Å². The Bertz CT molecular complexity index is 258. The van der Waals surface area contributed by atoms with E-state index in [1.165, 1.54) is 0 Å². The first-order valence-corrected chi connectivity index (χ1v) is 5.95. The highest BCUT2D eigenvalue weighted by Crippen LogP contribution is 2.28. The quantitative estimate of drug-likeness (QED) is 0.649. The zero-order valence-corrected chi connectivity index (χ0v) is 10.0. The predicted molar refractivity (Wildman–Crippen MR) is 61.2 cm³/mol. The van der Waals surface area contributed by atoms with Crippen molar-refractivity contribution in [3.05, 3.63) is 0 Å². The summed E-state index contributed by atoms with van der Waals surface area (Å²) in [6.07, 6.45) is 1.19. The second-order valence-corrected chi connectivity index (χ2v) is 4.89. The van der Waals surface area contributed by atoms with Gasteiger partial charge < -0.3 is 20.3 Å². The Morgan fingerprint density at radius 2 is 2.31 bits per heavy atom. The lowest BCUT2D eigenvalue weighted by Gasteiger charge is -2.22. The van der Waals surface area contributed by atoms with E-state index >= 15 is 0 Å². The Kier molecular flexibility index (Phi) is 3.78. The van der Waals surface area contributed by atoms with E-state index in [1.807, 2.05) is 14.1 Å². The van der Waals surface area contributed by atoms with Crippen molar-refractivity contribution in [1.29, 1.82) is 0 Å². The molecule has 2 rings (SSSR count). The fraction of sp³-hybridized carbons (Fsp3) is 0.909. The summed E-state index contributed by atoms with van der Waals surface area (Å²) in [6, 6.07) is 0. The summed E-state index contributed by atoms with van der Waals surface area (Å²) in [5.74, 6) is 0.195. The predicted octanol–water partition coefficient (Wildman–Crippen LogP) is -0.959. The van der Waals surface area contributed by atoms with Gasteiger partial charge in [-0.2, -0.15) is 0 Å². The lowest BCUT2D eigenvalue weighted by atomic mass is 9.99. The lowest BCUT2D eigenvalue weighted by Crippen LogP contribution is -2.43. The van der Waals surface area contributed by atoms with Gasteiger partial charge in [0.2, 0.25) is 5.91 Å². The van der Waals surface area contributed by atoms with Crippen LogP contribution in [0.3, 0.4) is 0 Å². The Balaban J connectivity index is 1.77. The number of carbonyl (C=O) groups excluding carboxylic acids is 1. The van der Waals surface area contributed by atoms with Crippen LogP contribution in [0.1, 0.15) is 6.42 Å². The minimum Gasteiger partial charge on any atom is -0.371 e. The number of nitrogens with zero attached hydrogens (tertiary/aromatic N) is 1. The maximum atomic E-state index is 11.9. The van der Waals surface area contributed by atoms with Crippen LogP contribution in [0.5, 0.6) is 0 Å². The molecular weight excluding hydrogens is 206 g/mol. The van der Waals surface area contributed by atoms with Crippen molar-refractivity contribution in [3.8, 4) is 0 Å². The molecule has 16 heavy (non-hydrogen) atoms. The van der Waals surface area contributed by atoms with Crippen LogP contribution in [0.4, 0.5) is 0 Å². The summed E-state index contributed by atoms with van der Waals surface area (Å²) in [5.41, 5.74) is 0. The number of hydrogen-bond acceptors (Lipinski definition) is 4. The first kappa shape index (κ1) is 11.8. The van der Waals surface area contributed by atoms with Gasteiger partial charge in [0.1, 0.15) is 0 Å². The number of fused-ring (bicyclic) bond motifs is 2. The molecule has 2 aliphatic rings. The van der Waals surface area contributed by atoms with Crippen LogP contribution in [0.15, 0.2) is 0 Å². The van der Waals surface area contributed by atoms with E-state index in [4.69, 9.17) is 4.74 Å². The van der Waals surface area contributed by atoms with Gasteiger partial charge in [-0.1, -0.05) is 0 Å². The summed E-state index contributed by atoms with van der Waals surface area (Å²) in [6.45, 7) is 3.29. The highest BCUT2D eigenvalue weighted by molar-refractivity contribution is 5.79. The van der Waals surface area contributed by atoms with Crippen LogP contribution in [-0.4, -0.2) is 63.3 Å².